The Bertz CT molecular complexity index is 463. The fraction of sp³-hybridized carbons (Fsp3) is 0.688. The monoisotopic (exact) mass is 276 g/mol. The molecule has 3 heteroatoms. The van der Waals surface area contributed by atoms with Crippen LogP contribution in [0.15, 0.2) is 12.1 Å². The van der Waals surface area contributed by atoms with E-state index in [0.29, 0.717) is 16.9 Å². The van der Waals surface area contributed by atoms with Crippen LogP contribution in [-0.4, -0.2) is 6.04 Å². The summed E-state index contributed by atoms with van der Waals surface area (Å²) in [7, 11) is 0. The van der Waals surface area contributed by atoms with Gasteiger partial charge in [0.05, 0.1) is 0 Å². The lowest BCUT2D eigenvalue weighted by molar-refractivity contribution is 0.0846. The van der Waals surface area contributed by atoms with Crippen LogP contribution < -0.4 is 5.32 Å². The largest absolute Gasteiger partial charge is 0.309 e. The van der Waals surface area contributed by atoms with Crippen molar-refractivity contribution in [2.75, 3.05) is 0 Å². The van der Waals surface area contributed by atoms with E-state index in [1.54, 1.807) is 11.3 Å². The Balaban J connectivity index is 1.94. The number of rotatable bonds is 3. The second-order valence-electron chi connectivity index (χ2n) is 7.37. The second-order valence-corrected chi connectivity index (χ2v) is 8.54. The van der Waals surface area contributed by atoms with E-state index in [9.17, 15) is 0 Å². The van der Waals surface area contributed by atoms with Gasteiger partial charge in [0.1, 0.15) is 10.9 Å². The molecule has 0 bridgehead atoms. The number of nitrogens with one attached hydrogen (secondary N) is 1. The first-order chi connectivity index (χ1) is 8.80. The van der Waals surface area contributed by atoms with Crippen molar-refractivity contribution < 1.29 is 0 Å². The van der Waals surface area contributed by atoms with Gasteiger partial charge >= 0.3 is 0 Å². The molecule has 2 nitrogen and oxygen atoms in total. The van der Waals surface area contributed by atoms with Gasteiger partial charge in [-0.2, -0.15) is 5.26 Å². The average Bonchev–Trinajstić information content (AvgIpc) is 2.70. The number of hydrogen-bond acceptors (Lipinski definition) is 3. The van der Waals surface area contributed by atoms with E-state index in [4.69, 9.17) is 5.26 Å². The van der Waals surface area contributed by atoms with Gasteiger partial charge in [-0.25, -0.2) is 0 Å². The molecular weight excluding hydrogens is 252 g/mol. The van der Waals surface area contributed by atoms with Crippen LogP contribution in [0.3, 0.4) is 0 Å². The maximum atomic E-state index is 8.85. The fourth-order valence-electron chi connectivity index (χ4n) is 3.77. The van der Waals surface area contributed by atoms with Crippen molar-refractivity contribution in [1.29, 1.82) is 5.26 Å². The van der Waals surface area contributed by atoms with Crippen molar-refractivity contribution in [1.82, 2.24) is 5.32 Å². The maximum absolute atomic E-state index is 8.85. The fourth-order valence-corrected chi connectivity index (χ4v) is 4.52. The molecule has 2 rings (SSSR count). The van der Waals surface area contributed by atoms with Crippen molar-refractivity contribution >= 4 is 11.3 Å². The first kappa shape index (κ1) is 14.6. The molecule has 1 N–H and O–H groups in total. The normalized spacial score (nSPS) is 22.1. The lowest BCUT2D eigenvalue weighted by atomic mass is 9.63. The summed E-state index contributed by atoms with van der Waals surface area (Å²) in [5.74, 6) is 0. The minimum atomic E-state index is 0.423. The zero-order valence-corrected chi connectivity index (χ0v) is 13.2. The van der Waals surface area contributed by atoms with Crippen molar-refractivity contribution in [2.24, 2.45) is 10.8 Å². The minimum Gasteiger partial charge on any atom is -0.309 e. The molecule has 1 aromatic rings. The highest BCUT2D eigenvalue weighted by Gasteiger charge is 2.38. The van der Waals surface area contributed by atoms with Crippen molar-refractivity contribution in [3.8, 4) is 6.07 Å². The Kier molecular flexibility index (Phi) is 4.03. The average molecular weight is 276 g/mol. The van der Waals surface area contributed by atoms with Crippen molar-refractivity contribution in [3.05, 3.63) is 21.9 Å². The van der Waals surface area contributed by atoms with Crippen LogP contribution in [0.4, 0.5) is 0 Å². The number of nitriles is 1. The molecule has 1 aliphatic carbocycles. The molecule has 1 aromatic heterocycles. The first-order valence-corrected chi connectivity index (χ1v) is 7.84. The van der Waals surface area contributed by atoms with E-state index < -0.39 is 0 Å². The van der Waals surface area contributed by atoms with Crippen LogP contribution in [0, 0.1) is 22.2 Å². The zero-order chi connectivity index (χ0) is 14.1. The molecule has 0 saturated heterocycles. The number of hydrogen-bond donors (Lipinski definition) is 1. The minimum absolute atomic E-state index is 0.423. The Morgan fingerprint density at radius 2 is 1.89 bits per heavy atom. The van der Waals surface area contributed by atoms with E-state index in [-0.39, 0.29) is 0 Å². The molecule has 0 unspecified atom stereocenters. The summed E-state index contributed by atoms with van der Waals surface area (Å²) >= 11 is 1.60. The standard InChI is InChI=1S/C16H24N2S/c1-15(2)7-12(8-16(3,4)11-15)18-10-14-6-5-13(9-17)19-14/h5-6,12,18H,7-8,10-11H2,1-4H3. The van der Waals surface area contributed by atoms with Gasteiger partial charge in [-0.15, -0.1) is 11.3 Å². The topological polar surface area (TPSA) is 35.8 Å². The van der Waals surface area contributed by atoms with Gasteiger partial charge in [-0.3, -0.25) is 0 Å². The molecule has 1 fully saturated rings. The Hall–Kier alpha value is -0.850. The van der Waals surface area contributed by atoms with Gasteiger partial charge in [-0.05, 0) is 42.2 Å². The molecule has 1 heterocycles. The van der Waals surface area contributed by atoms with E-state index in [0.717, 1.165) is 11.4 Å². The highest BCUT2D eigenvalue weighted by Crippen LogP contribution is 2.45. The molecule has 0 aliphatic heterocycles. The molecule has 104 valence electrons. The molecular formula is C16H24N2S. The van der Waals surface area contributed by atoms with Crippen LogP contribution >= 0.6 is 11.3 Å². The molecule has 0 atom stereocenters. The third kappa shape index (κ3) is 4.06. The molecule has 0 aromatic carbocycles. The van der Waals surface area contributed by atoms with E-state index in [1.165, 1.54) is 24.1 Å². The molecule has 0 radical (unpaired) electrons. The van der Waals surface area contributed by atoms with Gasteiger partial charge in [-0.1, -0.05) is 27.7 Å². The highest BCUT2D eigenvalue weighted by atomic mass is 32.1. The maximum Gasteiger partial charge on any atom is 0.110 e. The lowest BCUT2D eigenvalue weighted by Crippen LogP contribution is -2.43. The Morgan fingerprint density at radius 3 is 2.42 bits per heavy atom. The molecule has 19 heavy (non-hydrogen) atoms. The summed E-state index contributed by atoms with van der Waals surface area (Å²) in [5.41, 5.74) is 0.847. The second kappa shape index (κ2) is 5.26. The van der Waals surface area contributed by atoms with Crippen LogP contribution in [0.5, 0.6) is 0 Å². The molecule has 0 spiro atoms. The third-order valence-corrected chi connectivity index (χ3v) is 4.88. The SMILES string of the molecule is CC1(C)CC(NCc2ccc(C#N)s2)CC(C)(C)C1. The van der Waals surface area contributed by atoms with Crippen LogP contribution in [-0.2, 0) is 6.54 Å². The predicted molar refractivity (Wildman–Crippen MR) is 81.1 cm³/mol. The van der Waals surface area contributed by atoms with Gasteiger partial charge in [0.15, 0.2) is 0 Å². The summed E-state index contributed by atoms with van der Waals surface area (Å²) in [4.78, 5) is 2.07. The van der Waals surface area contributed by atoms with E-state index in [2.05, 4.69) is 45.1 Å². The van der Waals surface area contributed by atoms with Gasteiger partial charge < -0.3 is 5.32 Å². The Morgan fingerprint density at radius 1 is 1.26 bits per heavy atom. The zero-order valence-electron chi connectivity index (χ0n) is 12.4. The van der Waals surface area contributed by atoms with E-state index in [1.807, 2.05) is 6.07 Å². The van der Waals surface area contributed by atoms with Crippen LogP contribution in [0.25, 0.3) is 0 Å². The third-order valence-electron chi connectivity index (χ3n) is 3.89. The van der Waals surface area contributed by atoms with Gasteiger partial charge in [0, 0.05) is 17.5 Å². The highest BCUT2D eigenvalue weighted by molar-refractivity contribution is 7.12. The number of nitrogens with zero attached hydrogens (tertiary/aromatic N) is 1. The quantitative estimate of drug-likeness (QED) is 0.892. The molecule has 1 saturated carbocycles. The summed E-state index contributed by atoms with van der Waals surface area (Å²) in [5, 5.41) is 12.5. The Labute approximate surface area is 120 Å². The molecule has 0 amide bonds. The van der Waals surface area contributed by atoms with Crippen molar-refractivity contribution in [2.45, 2.75) is 59.5 Å². The van der Waals surface area contributed by atoms with Crippen LogP contribution in [0.1, 0.15) is 56.7 Å². The van der Waals surface area contributed by atoms with Crippen LogP contribution in [0.2, 0.25) is 0 Å². The molecule has 1 aliphatic rings. The summed E-state index contributed by atoms with van der Waals surface area (Å²) in [6, 6.07) is 6.77. The summed E-state index contributed by atoms with van der Waals surface area (Å²) in [6.45, 7) is 10.4. The summed E-state index contributed by atoms with van der Waals surface area (Å²) in [6.07, 6.45) is 3.79. The smallest absolute Gasteiger partial charge is 0.110 e. The number of thiophene rings is 1. The van der Waals surface area contributed by atoms with E-state index >= 15 is 0 Å². The van der Waals surface area contributed by atoms with Crippen molar-refractivity contribution in [3.63, 3.8) is 0 Å². The van der Waals surface area contributed by atoms with Gasteiger partial charge in [0.2, 0.25) is 0 Å². The predicted octanol–water partition coefficient (Wildman–Crippen LogP) is 4.31. The first-order valence-electron chi connectivity index (χ1n) is 7.02. The van der Waals surface area contributed by atoms with Gasteiger partial charge in [0.25, 0.3) is 0 Å². The summed E-state index contributed by atoms with van der Waals surface area (Å²) < 4.78 is 0. The lowest BCUT2D eigenvalue weighted by Gasteiger charge is -2.45.